The number of fused-ring (bicyclic) bond motifs is 1. The van der Waals surface area contributed by atoms with Crippen molar-refractivity contribution in [3.05, 3.63) is 34.8 Å². The molecule has 0 saturated carbocycles. The standard InChI is InChI=1S/C14H14N2O4S/c17-13(18)10-8-21-14(16-10)15-4-3-9-1-2-11-12(7-9)20-6-5-19-11/h1-2,7-8H,3-6H2,(H,15,16)(H,17,18). The molecule has 0 spiro atoms. The zero-order chi connectivity index (χ0) is 14.7. The summed E-state index contributed by atoms with van der Waals surface area (Å²) in [7, 11) is 0. The summed E-state index contributed by atoms with van der Waals surface area (Å²) in [4.78, 5) is 14.7. The van der Waals surface area contributed by atoms with Crippen molar-refractivity contribution < 1.29 is 19.4 Å². The van der Waals surface area contributed by atoms with Gasteiger partial charge in [0.2, 0.25) is 0 Å². The average molecular weight is 306 g/mol. The van der Waals surface area contributed by atoms with Crippen LogP contribution < -0.4 is 14.8 Å². The SMILES string of the molecule is O=C(O)c1csc(NCCc2ccc3c(c2)OCCO3)n1. The quantitative estimate of drug-likeness (QED) is 0.882. The van der Waals surface area contributed by atoms with Gasteiger partial charge in [0.05, 0.1) is 0 Å². The summed E-state index contributed by atoms with van der Waals surface area (Å²) in [6, 6.07) is 5.89. The zero-order valence-corrected chi connectivity index (χ0v) is 12.0. The Labute approximate surface area is 125 Å². The Morgan fingerprint density at radius 3 is 2.90 bits per heavy atom. The maximum Gasteiger partial charge on any atom is 0.355 e. The number of carbonyl (C=O) groups is 1. The molecule has 2 heterocycles. The van der Waals surface area contributed by atoms with Gasteiger partial charge < -0.3 is 19.9 Å². The van der Waals surface area contributed by atoms with E-state index < -0.39 is 5.97 Å². The Morgan fingerprint density at radius 2 is 2.14 bits per heavy atom. The lowest BCUT2D eigenvalue weighted by molar-refractivity contribution is 0.0691. The largest absolute Gasteiger partial charge is 0.486 e. The molecule has 21 heavy (non-hydrogen) atoms. The number of nitrogens with one attached hydrogen (secondary N) is 1. The number of carboxylic acid groups (broad SMARTS) is 1. The fourth-order valence-electron chi connectivity index (χ4n) is 2.01. The van der Waals surface area contributed by atoms with Crippen molar-refractivity contribution in [2.24, 2.45) is 0 Å². The van der Waals surface area contributed by atoms with E-state index in [-0.39, 0.29) is 5.69 Å². The normalized spacial score (nSPS) is 13.0. The Bertz CT molecular complexity index is 656. The third-order valence-electron chi connectivity index (χ3n) is 3.02. The number of anilines is 1. The summed E-state index contributed by atoms with van der Waals surface area (Å²) < 4.78 is 11.0. The first-order valence-corrected chi connectivity index (χ1v) is 7.41. The minimum Gasteiger partial charge on any atom is -0.486 e. The Morgan fingerprint density at radius 1 is 1.33 bits per heavy atom. The molecule has 1 aliphatic heterocycles. The molecule has 6 nitrogen and oxygen atoms in total. The van der Waals surface area contributed by atoms with Crippen molar-refractivity contribution >= 4 is 22.4 Å². The van der Waals surface area contributed by atoms with E-state index in [0.717, 1.165) is 23.5 Å². The first-order chi connectivity index (χ1) is 10.2. The third kappa shape index (κ3) is 3.25. The fourth-order valence-corrected chi connectivity index (χ4v) is 2.72. The molecular weight excluding hydrogens is 292 g/mol. The molecule has 7 heteroatoms. The molecule has 0 aliphatic carbocycles. The minimum atomic E-state index is -1.01. The summed E-state index contributed by atoms with van der Waals surface area (Å²) >= 11 is 1.29. The van der Waals surface area contributed by atoms with Crippen molar-refractivity contribution in [3.63, 3.8) is 0 Å². The van der Waals surface area contributed by atoms with E-state index in [9.17, 15) is 4.79 Å². The summed E-state index contributed by atoms with van der Waals surface area (Å²) in [6.45, 7) is 1.84. The number of benzene rings is 1. The number of hydrogen-bond donors (Lipinski definition) is 2. The number of thiazole rings is 1. The molecule has 110 valence electrons. The van der Waals surface area contributed by atoms with Gasteiger partial charge in [0.25, 0.3) is 0 Å². The second-order valence-corrected chi connectivity index (χ2v) is 5.36. The first kappa shape index (κ1) is 13.7. The molecule has 0 saturated heterocycles. The van der Waals surface area contributed by atoms with Crippen molar-refractivity contribution in [1.29, 1.82) is 0 Å². The van der Waals surface area contributed by atoms with Gasteiger partial charge in [-0.25, -0.2) is 9.78 Å². The highest BCUT2D eigenvalue weighted by atomic mass is 32.1. The monoisotopic (exact) mass is 306 g/mol. The van der Waals surface area contributed by atoms with Gasteiger partial charge >= 0.3 is 5.97 Å². The molecule has 2 N–H and O–H groups in total. The highest BCUT2D eigenvalue weighted by molar-refractivity contribution is 7.13. The molecule has 0 amide bonds. The van der Waals surface area contributed by atoms with Crippen molar-refractivity contribution in [3.8, 4) is 11.5 Å². The molecule has 2 aromatic rings. The topological polar surface area (TPSA) is 80.7 Å². The van der Waals surface area contributed by atoms with E-state index >= 15 is 0 Å². The van der Waals surface area contributed by atoms with Gasteiger partial charge in [0, 0.05) is 11.9 Å². The van der Waals surface area contributed by atoms with Gasteiger partial charge in [-0.05, 0) is 24.1 Å². The Hall–Kier alpha value is -2.28. The maximum atomic E-state index is 10.7. The van der Waals surface area contributed by atoms with Crippen LogP contribution in [-0.2, 0) is 6.42 Å². The van der Waals surface area contributed by atoms with E-state index in [4.69, 9.17) is 14.6 Å². The van der Waals surface area contributed by atoms with E-state index in [1.54, 1.807) is 0 Å². The van der Waals surface area contributed by atoms with Crippen LogP contribution >= 0.6 is 11.3 Å². The summed E-state index contributed by atoms with van der Waals surface area (Å²) in [5, 5.41) is 14.1. The number of ether oxygens (including phenoxy) is 2. The van der Waals surface area contributed by atoms with Crippen molar-refractivity contribution in [1.82, 2.24) is 4.98 Å². The Kier molecular flexibility index (Phi) is 3.92. The molecule has 1 aromatic heterocycles. The predicted molar refractivity (Wildman–Crippen MR) is 78.7 cm³/mol. The molecule has 0 radical (unpaired) electrons. The minimum absolute atomic E-state index is 0.0711. The number of hydrogen-bond acceptors (Lipinski definition) is 6. The molecule has 1 aromatic carbocycles. The number of aromatic carboxylic acids is 1. The number of aromatic nitrogens is 1. The van der Waals surface area contributed by atoms with Gasteiger partial charge in [0.1, 0.15) is 13.2 Å². The molecule has 1 aliphatic rings. The van der Waals surface area contributed by atoms with E-state index in [2.05, 4.69) is 10.3 Å². The van der Waals surface area contributed by atoms with Crippen molar-refractivity contribution in [2.75, 3.05) is 25.1 Å². The van der Waals surface area contributed by atoms with Gasteiger partial charge in [0.15, 0.2) is 22.3 Å². The average Bonchev–Trinajstić information content (AvgIpc) is 2.96. The molecule has 0 bridgehead atoms. The summed E-state index contributed by atoms with van der Waals surface area (Å²) in [5.41, 5.74) is 1.20. The first-order valence-electron chi connectivity index (χ1n) is 6.53. The predicted octanol–water partition coefficient (Wildman–Crippen LogP) is 2.27. The second kappa shape index (κ2) is 6.01. The van der Waals surface area contributed by atoms with E-state index in [0.29, 0.717) is 24.9 Å². The smallest absolute Gasteiger partial charge is 0.355 e. The summed E-state index contributed by atoms with van der Waals surface area (Å²) in [5.74, 6) is 0.552. The van der Waals surface area contributed by atoms with Crippen LogP contribution in [0.15, 0.2) is 23.6 Å². The molecule has 0 fully saturated rings. The van der Waals surface area contributed by atoms with Gasteiger partial charge in [-0.2, -0.15) is 0 Å². The highest BCUT2D eigenvalue weighted by Crippen LogP contribution is 2.30. The van der Waals surface area contributed by atoms with Crippen LogP contribution in [0, 0.1) is 0 Å². The van der Waals surface area contributed by atoms with Crippen LogP contribution in [0.5, 0.6) is 11.5 Å². The van der Waals surface area contributed by atoms with E-state index in [1.807, 2.05) is 18.2 Å². The van der Waals surface area contributed by atoms with Crippen LogP contribution in [-0.4, -0.2) is 35.8 Å². The van der Waals surface area contributed by atoms with Gasteiger partial charge in [-0.1, -0.05) is 6.07 Å². The lowest BCUT2D eigenvalue weighted by Crippen LogP contribution is -2.15. The van der Waals surface area contributed by atoms with Crippen LogP contribution in [0.3, 0.4) is 0 Å². The maximum absolute atomic E-state index is 10.7. The van der Waals surface area contributed by atoms with Gasteiger partial charge in [-0.3, -0.25) is 0 Å². The van der Waals surface area contributed by atoms with E-state index in [1.165, 1.54) is 16.7 Å². The van der Waals surface area contributed by atoms with Crippen LogP contribution in [0.4, 0.5) is 5.13 Å². The summed E-state index contributed by atoms with van der Waals surface area (Å²) in [6.07, 6.45) is 0.790. The second-order valence-electron chi connectivity index (χ2n) is 4.50. The number of carboxylic acids is 1. The van der Waals surface area contributed by atoms with Crippen molar-refractivity contribution in [2.45, 2.75) is 6.42 Å². The lowest BCUT2D eigenvalue weighted by Gasteiger charge is -2.18. The third-order valence-corrected chi connectivity index (χ3v) is 3.82. The van der Waals surface area contributed by atoms with Crippen LogP contribution in [0.2, 0.25) is 0 Å². The van der Waals surface area contributed by atoms with Crippen LogP contribution in [0.25, 0.3) is 0 Å². The lowest BCUT2D eigenvalue weighted by atomic mass is 10.1. The Balaban J connectivity index is 1.56. The zero-order valence-electron chi connectivity index (χ0n) is 11.2. The molecular formula is C14H14N2O4S. The molecule has 0 atom stereocenters. The molecule has 0 unspecified atom stereocenters. The highest BCUT2D eigenvalue weighted by Gasteiger charge is 2.12. The van der Waals surface area contributed by atoms with Crippen LogP contribution in [0.1, 0.15) is 16.1 Å². The fraction of sp³-hybridized carbons (Fsp3) is 0.286. The van der Waals surface area contributed by atoms with Gasteiger partial charge in [-0.15, -0.1) is 11.3 Å². The number of rotatable bonds is 5. The molecule has 3 rings (SSSR count). The number of nitrogens with zero attached hydrogens (tertiary/aromatic N) is 1.